The van der Waals surface area contributed by atoms with Gasteiger partial charge in [0.2, 0.25) is 0 Å². The van der Waals surface area contributed by atoms with E-state index in [-0.39, 0.29) is 0 Å². The first-order valence-electron chi connectivity index (χ1n) is 6.30. The summed E-state index contributed by atoms with van der Waals surface area (Å²) in [5.41, 5.74) is 6.21. The summed E-state index contributed by atoms with van der Waals surface area (Å²) < 4.78 is 2.08. The van der Waals surface area contributed by atoms with Crippen LogP contribution in [0.5, 0.6) is 0 Å². The van der Waals surface area contributed by atoms with Gasteiger partial charge >= 0.3 is 0 Å². The summed E-state index contributed by atoms with van der Waals surface area (Å²) in [4.78, 5) is 0. The van der Waals surface area contributed by atoms with Crippen molar-refractivity contribution in [3.05, 3.63) is 46.8 Å². The Kier molecular flexibility index (Phi) is 3.32. The van der Waals surface area contributed by atoms with Gasteiger partial charge in [-0.25, -0.2) is 4.68 Å². The number of hydrogen-bond acceptors (Lipinski definition) is 1. The molecule has 0 saturated heterocycles. The first-order chi connectivity index (χ1) is 8.13. The molecule has 0 aliphatic rings. The third-order valence-corrected chi connectivity index (χ3v) is 3.01. The van der Waals surface area contributed by atoms with Crippen LogP contribution in [-0.2, 0) is 12.8 Å². The molecule has 0 radical (unpaired) electrons. The Hall–Kier alpha value is -1.57. The van der Waals surface area contributed by atoms with E-state index in [9.17, 15) is 0 Å². The molecule has 1 aromatic carbocycles. The van der Waals surface area contributed by atoms with E-state index in [0.717, 1.165) is 12.8 Å². The molecule has 90 valence electrons. The van der Waals surface area contributed by atoms with E-state index in [1.54, 1.807) is 0 Å². The summed E-state index contributed by atoms with van der Waals surface area (Å²) in [5.74, 6) is 0. The fraction of sp³-hybridized carbons (Fsp3) is 0.400. The zero-order chi connectivity index (χ0) is 12.4. The van der Waals surface area contributed by atoms with Gasteiger partial charge < -0.3 is 0 Å². The maximum absolute atomic E-state index is 4.67. The number of aryl methyl sites for hydroxylation is 4. The van der Waals surface area contributed by atoms with Crippen LogP contribution in [0.15, 0.2) is 24.3 Å². The molecule has 2 rings (SSSR count). The molecule has 0 aliphatic heterocycles. The molecule has 2 nitrogen and oxygen atoms in total. The number of hydrogen-bond donors (Lipinski definition) is 0. The lowest BCUT2D eigenvalue weighted by Gasteiger charge is -2.08. The molecule has 0 bridgehead atoms. The van der Waals surface area contributed by atoms with E-state index in [2.05, 4.69) is 61.7 Å². The van der Waals surface area contributed by atoms with Crippen LogP contribution in [0.3, 0.4) is 0 Å². The van der Waals surface area contributed by atoms with Crippen LogP contribution < -0.4 is 0 Å². The molecule has 2 heteroatoms. The number of aromatic nitrogens is 2. The van der Waals surface area contributed by atoms with Crippen LogP contribution in [0, 0.1) is 13.8 Å². The maximum atomic E-state index is 4.67. The molecule has 0 aliphatic carbocycles. The second kappa shape index (κ2) is 4.74. The van der Waals surface area contributed by atoms with Gasteiger partial charge in [0, 0.05) is 5.69 Å². The Morgan fingerprint density at radius 2 is 1.59 bits per heavy atom. The zero-order valence-corrected chi connectivity index (χ0v) is 11.1. The molecule has 0 atom stereocenters. The molecule has 0 saturated carbocycles. The van der Waals surface area contributed by atoms with Crippen molar-refractivity contribution in [3.8, 4) is 5.69 Å². The van der Waals surface area contributed by atoms with Crippen LogP contribution in [0.4, 0.5) is 0 Å². The minimum atomic E-state index is 0.991. The van der Waals surface area contributed by atoms with Crippen LogP contribution in [-0.4, -0.2) is 9.78 Å². The van der Waals surface area contributed by atoms with Crippen molar-refractivity contribution < 1.29 is 0 Å². The lowest BCUT2D eigenvalue weighted by molar-refractivity contribution is 0.792. The Morgan fingerprint density at radius 3 is 2.12 bits per heavy atom. The Labute approximate surface area is 103 Å². The summed E-state index contributed by atoms with van der Waals surface area (Å²) in [6.45, 7) is 8.59. The van der Waals surface area contributed by atoms with Crippen molar-refractivity contribution >= 4 is 0 Å². The van der Waals surface area contributed by atoms with E-state index >= 15 is 0 Å². The standard InChI is InChI=1S/C15H20N2/c1-5-13-10-14(6-2)17(16-13)15-8-11(3)7-12(4)9-15/h7-10H,5-6H2,1-4H3. The first kappa shape index (κ1) is 11.9. The van der Waals surface area contributed by atoms with Crippen molar-refractivity contribution in [2.45, 2.75) is 40.5 Å². The highest BCUT2D eigenvalue weighted by molar-refractivity contribution is 5.40. The molecule has 0 N–H and O–H groups in total. The van der Waals surface area contributed by atoms with Crippen LogP contribution in [0.1, 0.15) is 36.4 Å². The largest absolute Gasteiger partial charge is 0.238 e. The Balaban J connectivity index is 2.54. The molecule has 0 unspecified atom stereocenters. The topological polar surface area (TPSA) is 17.8 Å². The van der Waals surface area contributed by atoms with Crippen molar-refractivity contribution in [2.24, 2.45) is 0 Å². The Bertz CT molecular complexity index is 503. The van der Waals surface area contributed by atoms with Crippen LogP contribution in [0.25, 0.3) is 5.69 Å². The summed E-state index contributed by atoms with van der Waals surface area (Å²) >= 11 is 0. The van der Waals surface area contributed by atoms with E-state index in [1.165, 1.54) is 28.2 Å². The lowest BCUT2D eigenvalue weighted by atomic mass is 10.1. The quantitative estimate of drug-likeness (QED) is 0.784. The molecular formula is C15H20N2. The molecule has 1 heterocycles. The van der Waals surface area contributed by atoms with Gasteiger partial charge in [-0.05, 0) is 56.0 Å². The molecule has 0 fully saturated rings. The fourth-order valence-corrected chi connectivity index (χ4v) is 2.20. The van der Waals surface area contributed by atoms with Crippen molar-refractivity contribution in [2.75, 3.05) is 0 Å². The first-order valence-corrected chi connectivity index (χ1v) is 6.30. The predicted octanol–water partition coefficient (Wildman–Crippen LogP) is 3.61. The molecular weight excluding hydrogens is 208 g/mol. The highest BCUT2D eigenvalue weighted by Gasteiger charge is 2.07. The molecule has 0 amide bonds. The third-order valence-electron chi connectivity index (χ3n) is 3.01. The highest BCUT2D eigenvalue weighted by atomic mass is 15.3. The Morgan fingerprint density at radius 1 is 0.941 bits per heavy atom. The minimum Gasteiger partial charge on any atom is -0.238 e. The smallest absolute Gasteiger partial charge is 0.0654 e. The van der Waals surface area contributed by atoms with Gasteiger partial charge in [0.15, 0.2) is 0 Å². The van der Waals surface area contributed by atoms with Gasteiger partial charge in [-0.15, -0.1) is 0 Å². The summed E-state index contributed by atoms with van der Waals surface area (Å²) in [6, 6.07) is 8.79. The van der Waals surface area contributed by atoms with E-state index in [1.807, 2.05) is 0 Å². The van der Waals surface area contributed by atoms with Gasteiger partial charge in [0.1, 0.15) is 0 Å². The predicted molar refractivity (Wildman–Crippen MR) is 71.8 cm³/mol. The number of benzene rings is 1. The monoisotopic (exact) mass is 228 g/mol. The lowest BCUT2D eigenvalue weighted by Crippen LogP contribution is -2.02. The minimum absolute atomic E-state index is 0.991. The van der Waals surface area contributed by atoms with Gasteiger partial charge in [0.05, 0.1) is 11.4 Å². The normalized spacial score (nSPS) is 10.8. The van der Waals surface area contributed by atoms with E-state index in [4.69, 9.17) is 0 Å². The van der Waals surface area contributed by atoms with Crippen LogP contribution >= 0.6 is 0 Å². The summed E-state index contributed by atoms with van der Waals surface area (Å²) in [6.07, 6.45) is 2.00. The van der Waals surface area contributed by atoms with Crippen molar-refractivity contribution in [3.63, 3.8) is 0 Å². The van der Waals surface area contributed by atoms with Crippen LogP contribution in [0.2, 0.25) is 0 Å². The van der Waals surface area contributed by atoms with Crippen molar-refractivity contribution in [1.29, 1.82) is 0 Å². The van der Waals surface area contributed by atoms with Crippen molar-refractivity contribution in [1.82, 2.24) is 9.78 Å². The average molecular weight is 228 g/mol. The number of rotatable bonds is 3. The maximum Gasteiger partial charge on any atom is 0.0654 e. The summed E-state index contributed by atoms with van der Waals surface area (Å²) in [5, 5.41) is 4.67. The van der Waals surface area contributed by atoms with Gasteiger partial charge in [-0.2, -0.15) is 5.10 Å². The van der Waals surface area contributed by atoms with Gasteiger partial charge in [-0.1, -0.05) is 19.9 Å². The van der Waals surface area contributed by atoms with E-state index in [0.29, 0.717) is 0 Å². The van der Waals surface area contributed by atoms with E-state index < -0.39 is 0 Å². The molecule has 17 heavy (non-hydrogen) atoms. The molecule has 2 aromatic rings. The number of nitrogens with zero attached hydrogens (tertiary/aromatic N) is 2. The third kappa shape index (κ3) is 2.41. The molecule has 1 aromatic heterocycles. The van der Waals surface area contributed by atoms with Gasteiger partial charge in [-0.3, -0.25) is 0 Å². The molecule has 0 spiro atoms. The highest BCUT2D eigenvalue weighted by Crippen LogP contribution is 2.17. The zero-order valence-electron chi connectivity index (χ0n) is 11.1. The second-order valence-electron chi connectivity index (χ2n) is 4.59. The SMILES string of the molecule is CCc1cc(CC)n(-c2cc(C)cc(C)c2)n1. The average Bonchev–Trinajstić information content (AvgIpc) is 2.70. The van der Waals surface area contributed by atoms with Gasteiger partial charge in [0.25, 0.3) is 0 Å². The summed E-state index contributed by atoms with van der Waals surface area (Å²) in [7, 11) is 0. The fourth-order valence-electron chi connectivity index (χ4n) is 2.20. The second-order valence-corrected chi connectivity index (χ2v) is 4.59.